The summed E-state index contributed by atoms with van der Waals surface area (Å²) in [5.41, 5.74) is 5.75. The SMILES string of the molecule is CCCCC(Oc1cccnc1)Oc1cccc(N(S)C(N)=O)c1. The second-order valence-electron chi connectivity index (χ2n) is 5.14. The molecule has 0 saturated heterocycles. The van der Waals surface area contributed by atoms with Crippen LogP contribution in [0.15, 0.2) is 48.8 Å². The number of ether oxygens (including phenoxy) is 2. The molecule has 0 spiro atoms. The summed E-state index contributed by atoms with van der Waals surface area (Å²) >= 11 is 4.05. The van der Waals surface area contributed by atoms with Gasteiger partial charge in [0, 0.05) is 18.7 Å². The molecule has 0 radical (unpaired) electrons. The Labute approximate surface area is 147 Å². The van der Waals surface area contributed by atoms with Crippen LogP contribution in [0.25, 0.3) is 0 Å². The summed E-state index contributed by atoms with van der Waals surface area (Å²) in [6.45, 7) is 2.10. The van der Waals surface area contributed by atoms with Crippen molar-refractivity contribution in [3.8, 4) is 11.5 Å². The molecule has 2 aromatic rings. The fourth-order valence-electron chi connectivity index (χ4n) is 2.05. The van der Waals surface area contributed by atoms with E-state index in [4.69, 9.17) is 15.2 Å². The van der Waals surface area contributed by atoms with Gasteiger partial charge in [-0.05, 0) is 30.7 Å². The monoisotopic (exact) mass is 347 g/mol. The Balaban J connectivity index is 2.10. The van der Waals surface area contributed by atoms with E-state index in [-0.39, 0.29) is 0 Å². The number of carbonyl (C=O) groups excluding carboxylic acids is 1. The Bertz CT molecular complexity index is 655. The third-order valence-electron chi connectivity index (χ3n) is 3.23. The number of benzene rings is 1. The highest BCUT2D eigenvalue weighted by Gasteiger charge is 2.14. The van der Waals surface area contributed by atoms with Crippen LogP contribution < -0.4 is 19.5 Å². The first-order chi connectivity index (χ1) is 11.6. The number of amides is 2. The minimum atomic E-state index is -0.662. The maximum atomic E-state index is 11.2. The number of hydrogen-bond donors (Lipinski definition) is 2. The number of carbonyl (C=O) groups is 1. The molecule has 0 aliphatic heterocycles. The van der Waals surface area contributed by atoms with E-state index in [1.54, 1.807) is 42.7 Å². The number of rotatable bonds is 8. The molecule has 0 aliphatic rings. The Kier molecular flexibility index (Phi) is 6.74. The average molecular weight is 347 g/mol. The molecule has 6 nitrogen and oxygen atoms in total. The number of nitrogens with zero attached hydrogens (tertiary/aromatic N) is 2. The van der Waals surface area contributed by atoms with Gasteiger partial charge in [-0.3, -0.25) is 4.98 Å². The normalized spacial score (nSPS) is 11.6. The highest BCUT2D eigenvalue weighted by molar-refractivity contribution is 7.82. The van der Waals surface area contributed by atoms with Crippen molar-refractivity contribution < 1.29 is 14.3 Å². The number of pyridine rings is 1. The maximum absolute atomic E-state index is 11.2. The van der Waals surface area contributed by atoms with Crippen LogP contribution in [0.4, 0.5) is 10.5 Å². The van der Waals surface area contributed by atoms with Crippen molar-refractivity contribution in [1.29, 1.82) is 0 Å². The molecule has 2 rings (SSSR count). The lowest BCUT2D eigenvalue weighted by Gasteiger charge is -2.21. The number of urea groups is 1. The van der Waals surface area contributed by atoms with E-state index < -0.39 is 12.3 Å². The van der Waals surface area contributed by atoms with Gasteiger partial charge < -0.3 is 15.2 Å². The molecule has 24 heavy (non-hydrogen) atoms. The van der Waals surface area contributed by atoms with Gasteiger partial charge in [-0.15, -0.1) is 0 Å². The molecule has 7 heteroatoms. The second-order valence-corrected chi connectivity index (χ2v) is 5.54. The molecule has 2 N–H and O–H groups in total. The predicted octanol–water partition coefficient (Wildman–Crippen LogP) is 3.79. The Morgan fingerprint density at radius 1 is 1.29 bits per heavy atom. The predicted molar refractivity (Wildman–Crippen MR) is 96.3 cm³/mol. The fourth-order valence-corrected chi connectivity index (χ4v) is 2.17. The van der Waals surface area contributed by atoms with Crippen molar-refractivity contribution in [3.63, 3.8) is 0 Å². The molecular weight excluding hydrogens is 326 g/mol. The van der Waals surface area contributed by atoms with E-state index in [1.807, 2.05) is 6.07 Å². The molecule has 0 aliphatic carbocycles. The van der Waals surface area contributed by atoms with Crippen LogP contribution in [-0.4, -0.2) is 17.3 Å². The summed E-state index contributed by atoms with van der Waals surface area (Å²) in [5.74, 6) is 1.21. The van der Waals surface area contributed by atoms with Crippen LogP contribution in [-0.2, 0) is 0 Å². The molecule has 2 amide bonds. The van der Waals surface area contributed by atoms with Gasteiger partial charge in [0.1, 0.15) is 11.5 Å². The standard InChI is InChI=1S/C17H21N3O3S/c1-2-3-9-16(23-15-8-5-10-19-12-15)22-14-7-4-6-13(11-14)20(24)17(18)21/h4-8,10-12,16,24H,2-3,9H2,1H3,(H2,18,21). The largest absolute Gasteiger partial charge is 0.455 e. The lowest BCUT2D eigenvalue weighted by atomic mass is 10.2. The van der Waals surface area contributed by atoms with Gasteiger partial charge in [-0.1, -0.05) is 32.2 Å². The minimum absolute atomic E-state index is 0.452. The molecule has 0 fully saturated rings. The third-order valence-corrected chi connectivity index (χ3v) is 3.66. The van der Waals surface area contributed by atoms with Gasteiger partial charge in [-0.25, -0.2) is 9.10 Å². The zero-order valence-electron chi connectivity index (χ0n) is 13.5. The van der Waals surface area contributed by atoms with Crippen molar-refractivity contribution in [1.82, 2.24) is 4.98 Å². The molecule has 0 saturated carbocycles. The van der Waals surface area contributed by atoms with Crippen LogP contribution in [0.5, 0.6) is 11.5 Å². The molecule has 1 atom stereocenters. The second kappa shape index (κ2) is 9.02. The number of thiol groups is 1. The smallest absolute Gasteiger partial charge is 0.329 e. The summed E-state index contributed by atoms with van der Waals surface area (Å²) < 4.78 is 12.8. The van der Waals surface area contributed by atoms with Crippen LogP contribution in [0.3, 0.4) is 0 Å². The van der Waals surface area contributed by atoms with Gasteiger partial charge in [0.05, 0.1) is 11.9 Å². The van der Waals surface area contributed by atoms with E-state index in [0.29, 0.717) is 17.2 Å². The Hall–Kier alpha value is -2.41. The van der Waals surface area contributed by atoms with Crippen LogP contribution in [0, 0.1) is 0 Å². The molecule has 1 unspecified atom stereocenters. The number of primary amides is 1. The van der Waals surface area contributed by atoms with E-state index in [9.17, 15) is 4.79 Å². The summed E-state index contributed by atoms with van der Waals surface area (Å²) in [7, 11) is 0. The van der Waals surface area contributed by atoms with Crippen molar-refractivity contribution in [3.05, 3.63) is 48.8 Å². The quantitative estimate of drug-likeness (QED) is 0.563. The molecule has 1 aromatic heterocycles. The van der Waals surface area contributed by atoms with Crippen LogP contribution >= 0.6 is 12.8 Å². The minimum Gasteiger partial charge on any atom is -0.455 e. The highest BCUT2D eigenvalue weighted by atomic mass is 32.1. The molecular formula is C17H21N3O3S. The number of aromatic nitrogens is 1. The van der Waals surface area contributed by atoms with Crippen molar-refractivity contribution in [2.45, 2.75) is 32.5 Å². The zero-order chi connectivity index (χ0) is 17.4. The number of hydrogen-bond acceptors (Lipinski definition) is 5. The first-order valence-corrected chi connectivity index (χ1v) is 8.12. The first kappa shape index (κ1) is 17.9. The topological polar surface area (TPSA) is 77.7 Å². The highest BCUT2D eigenvalue weighted by Crippen LogP contribution is 2.24. The molecule has 0 bridgehead atoms. The van der Waals surface area contributed by atoms with Gasteiger partial charge in [0.2, 0.25) is 6.29 Å². The lowest BCUT2D eigenvalue weighted by molar-refractivity contribution is -0.00233. The average Bonchev–Trinajstić information content (AvgIpc) is 2.60. The summed E-state index contributed by atoms with van der Waals surface area (Å²) in [4.78, 5) is 15.2. The Morgan fingerprint density at radius 3 is 2.71 bits per heavy atom. The van der Waals surface area contributed by atoms with Gasteiger partial charge >= 0.3 is 6.03 Å². The fraction of sp³-hybridized carbons (Fsp3) is 0.294. The molecule has 128 valence electrons. The van der Waals surface area contributed by atoms with Crippen molar-refractivity contribution in [2.75, 3.05) is 4.31 Å². The number of nitrogens with two attached hydrogens (primary N) is 1. The van der Waals surface area contributed by atoms with Crippen LogP contribution in [0.2, 0.25) is 0 Å². The van der Waals surface area contributed by atoms with Crippen molar-refractivity contribution in [2.24, 2.45) is 5.73 Å². The summed E-state index contributed by atoms with van der Waals surface area (Å²) in [6, 6.07) is 9.92. The first-order valence-electron chi connectivity index (χ1n) is 7.72. The Morgan fingerprint density at radius 2 is 2.04 bits per heavy atom. The lowest BCUT2D eigenvalue weighted by Crippen LogP contribution is -2.27. The number of unbranched alkanes of at least 4 members (excludes halogenated alkanes) is 1. The summed E-state index contributed by atoms with van der Waals surface area (Å²) in [5, 5.41) is 0. The maximum Gasteiger partial charge on any atom is 0.329 e. The van der Waals surface area contributed by atoms with Gasteiger partial charge in [0.25, 0.3) is 0 Å². The van der Waals surface area contributed by atoms with E-state index in [1.165, 1.54) is 0 Å². The summed E-state index contributed by atoms with van der Waals surface area (Å²) in [6.07, 6.45) is 5.60. The van der Waals surface area contributed by atoms with Crippen LogP contribution in [0.1, 0.15) is 26.2 Å². The van der Waals surface area contributed by atoms with Crippen molar-refractivity contribution >= 4 is 24.5 Å². The zero-order valence-corrected chi connectivity index (χ0v) is 14.4. The van der Waals surface area contributed by atoms with E-state index in [2.05, 4.69) is 24.7 Å². The van der Waals surface area contributed by atoms with E-state index in [0.717, 1.165) is 23.6 Å². The molecule has 1 aromatic carbocycles. The van der Waals surface area contributed by atoms with E-state index >= 15 is 0 Å². The molecule has 1 heterocycles. The third kappa shape index (κ3) is 5.34. The van der Waals surface area contributed by atoms with Gasteiger partial charge in [-0.2, -0.15) is 0 Å². The van der Waals surface area contributed by atoms with Gasteiger partial charge in [0.15, 0.2) is 0 Å². The number of anilines is 1.